The number of nitriles is 1. The standard InChI is InChI=1S/C18H18N2O4/c1-3-8-20-17(21)14(11-19)9-12-4-7-15(16(10-12)23-2)24-18(22)13-5-6-13/h3-4,7,9-10,13H,1,5-6,8H2,2H3,(H,20,21)/b14-9+. The van der Waals surface area contributed by atoms with Crippen LogP contribution in [0.15, 0.2) is 36.4 Å². The van der Waals surface area contributed by atoms with E-state index in [2.05, 4.69) is 11.9 Å². The van der Waals surface area contributed by atoms with E-state index in [9.17, 15) is 9.59 Å². The van der Waals surface area contributed by atoms with Crippen LogP contribution in [0.3, 0.4) is 0 Å². The van der Waals surface area contributed by atoms with Crippen LogP contribution in [-0.4, -0.2) is 25.5 Å². The normalized spacial score (nSPS) is 13.6. The molecule has 1 aromatic rings. The van der Waals surface area contributed by atoms with Crippen molar-refractivity contribution in [2.24, 2.45) is 5.92 Å². The number of methoxy groups -OCH3 is 1. The second kappa shape index (κ2) is 7.97. The van der Waals surface area contributed by atoms with Crippen molar-refractivity contribution in [2.75, 3.05) is 13.7 Å². The van der Waals surface area contributed by atoms with Gasteiger partial charge in [-0.1, -0.05) is 12.1 Å². The average Bonchev–Trinajstić information content (AvgIpc) is 3.43. The van der Waals surface area contributed by atoms with E-state index in [0.717, 1.165) is 12.8 Å². The highest BCUT2D eigenvalue weighted by molar-refractivity contribution is 6.01. The van der Waals surface area contributed by atoms with Crippen molar-refractivity contribution < 1.29 is 19.1 Å². The quantitative estimate of drug-likeness (QED) is 0.273. The maximum absolute atomic E-state index is 11.8. The molecule has 0 bridgehead atoms. The molecule has 124 valence electrons. The summed E-state index contributed by atoms with van der Waals surface area (Å²) in [5.74, 6) is -0.0885. The van der Waals surface area contributed by atoms with Crippen molar-refractivity contribution in [3.05, 3.63) is 42.0 Å². The maximum atomic E-state index is 11.8. The van der Waals surface area contributed by atoms with Crippen LogP contribution in [0.25, 0.3) is 6.08 Å². The number of carbonyl (C=O) groups excluding carboxylic acids is 2. The van der Waals surface area contributed by atoms with Crippen LogP contribution >= 0.6 is 0 Å². The molecule has 24 heavy (non-hydrogen) atoms. The van der Waals surface area contributed by atoms with Crippen molar-refractivity contribution in [3.8, 4) is 17.6 Å². The number of ether oxygens (including phenoxy) is 2. The molecule has 0 heterocycles. The Hall–Kier alpha value is -3.07. The largest absolute Gasteiger partial charge is 0.493 e. The lowest BCUT2D eigenvalue weighted by Gasteiger charge is -2.10. The number of carbonyl (C=O) groups is 2. The van der Waals surface area contributed by atoms with Crippen LogP contribution in [-0.2, 0) is 9.59 Å². The minimum atomic E-state index is -0.486. The lowest BCUT2D eigenvalue weighted by atomic mass is 10.1. The number of rotatable bonds is 7. The van der Waals surface area contributed by atoms with E-state index in [1.807, 2.05) is 6.07 Å². The molecule has 6 nitrogen and oxygen atoms in total. The molecule has 0 atom stereocenters. The Morgan fingerprint density at radius 1 is 1.42 bits per heavy atom. The van der Waals surface area contributed by atoms with Gasteiger partial charge in [0, 0.05) is 6.54 Å². The number of hydrogen-bond acceptors (Lipinski definition) is 5. The molecule has 2 rings (SSSR count). The fourth-order valence-corrected chi connectivity index (χ4v) is 1.94. The first-order valence-corrected chi connectivity index (χ1v) is 7.49. The Labute approximate surface area is 140 Å². The predicted molar refractivity (Wildman–Crippen MR) is 88.1 cm³/mol. The Bertz CT molecular complexity index is 727. The van der Waals surface area contributed by atoms with E-state index >= 15 is 0 Å². The van der Waals surface area contributed by atoms with Gasteiger partial charge in [-0.25, -0.2) is 0 Å². The molecule has 0 saturated heterocycles. The van der Waals surface area contributed by atoms with Crippen molar-refractivity contribution in [3.63, 3.8) is 0 Å². The molecule has 1 fully saturated rings. The smallest absolute Gasteiger partial charge is 0.314 e. The summed E-state index contributed by atoms with van der Waals surface area (Å²) in [4.78, 5) is 23.6. The Morgan fingerprint density at radius 3 is 2.75 bits per heavy atom. The van der Waals surface area contributed by atoms with Crippen LogP contribution < -0.4 is 14.8 Å². The molecule has 1 saturated carbocycles. The minimum Gasteiger partial charge on any atom is -0.493 e. The van der Waals surface area contributed by atoms with Gasteiger partial charge in [0.2, 0.25) is 0 Å². The van der Waals surface area contributed by atoms with Gasteiger partial charge < -0.3 is 14.8 Å². The highest BCUT2D eigenvalue weighted by Crippen LogP contribution is 2.34. The van der Waals surface area contributed by atoms with E-state index < -0.39 is 5.91 Å². The van der Waals surface area contributed by atoms with Crippen molar-refractivity contribution >= 4 is 18.0 Å². The summed E-state index contributed by atoms with van der Waals surface area (Å²) in [5, 5.41) is 11.7. The first kappa shape index (κ1) is 17.3. The highest BCUT2D eigenvalue weighted by atomic mass is 16.6. The molecular weight excluding hydrogens is 308 g/mol. The molecule has 0 aromatic heterocycles. The van der Waals surface area contributed by atoms with Crippen LogP contribution in [0.2, 0.25) is 0 Å². The zero-order valence-corrected chi connectivity index (χ0v) is 13.4. The van der Waals surface area contributed by atoms with Crippen LogP contribution in [0.4, 0.5) is 0 Å². The third-order valence-corrected chi connectivity index (χ3v) is 3.39. The van der Waals surface area contributed by atoms with Gasteiger partial charge in [-0.2, -0.15) is 5.26 Å². The van der Waals surface area contributed by atoms with Gasteiger partial charge >= 0.3 is 5.97 Å². The number of esters is 1. The molecule has 0 aliphatic heterocycles. The van der Waals surface area contributed by atoms with Gasteiger partial charge in [-0.3, -0.25) is 9.59 Å². The summed E-state index contributed by atoms with van der Waals surface area (Å²) in [6.07, 6.45) is 4.67. The van der Waals surface area contributed by atoms with Gasteiger partial charge in [-0.05, 0) is 36.6 Å². The molecule has 1 N–H and O–H groups in total. The van der Waals surface area contributed by atoms with Crippen molar-refractivity contribution in [1.29, 1.82) is 5.26 Å². The Balaban J connectivity index is 2.19. The summed E-state index contributed by atoms with van der Waals surface area (Å²) in [6.45, 7) is 3.77. The van der Waals surface area contributed by atoms with Gasteiger partial charge in [-0.15, -0.1) is 6.58 Å². The van der Waals surface area contributed by atoms with E-state index in [1.165, 1.54) is 19.3 Å². The monoisotopic (exact) mass is 326 g/mol. The molecule has 1 aliphatic rings. The van der Waals surface area contributed by atoms with Crippen LogP contribution in [0, 0.1) is 17.2 Å². The maximum Gasteiger partial charge on any atom is 0.314 e. The zero-order valence-electron chi connectivity index (χ0n) is 13.4. The van der Waals surface area contributed by atoms with Crippen LogP contribution in [0.1, 0.15) is 18.4 Å². The van der Waals surface area contributed by atoms with Crippen molar-refractivity contribution in [1.82, 2.24) is 5.32 Å². The molecule has 1 aliphatic carbocycles. The SMILES string of the molecule is C=CCNC(=O)/C(C#N)=C/c1ccc(OC(=O)C2CC2)c(OC)c1. The van der Waals surface area contributed by atoms with Crippen molar-refractivity contribution in [2.45, 2.75) is 12.8 Å². The van der Waals surface area contributed by atoms with E-state index in [-0.39, 0.29) is 24.0 Å². The van der Waals surface area contributed by atoms with Gasteiger partial charge in [0.1, 0.15) is 11.6 Å². The number of nitrogens with zero attached hydrogens (tertiary/aromatic N) is 1. The second-order valence-corrected chi connectivity index (χ2v) is 5.27. The summed E-state index contributed by atoms with van der Waals surface area (Å²) in [7, 11) is 1.46. The zero-order chi connectivity index (χ0) is 17.5. The van der Waals surface area contributed by atoms with Gasteiger partial charge in [0.25, 0.3) is 5.91 Å². The lowest BCUT2D eigenvalue weighted by Crippen LogP contribution is -2.24. The summed E-state index contributed by atoms with van der Waals surface area (Å²) >= 11 is 0. The highest BCUT2D eigenvalue weighted by Gasteiger charge is 2.32. The molecule has 6 heteroatoms. The minimum absolute atomic E-state index is 0.0203. The average molecular weight is 326 g/mol. The molecule has 0 radical (unpaired) electrons. The Morgan fingerprint density at radius 2 is 2.17 bits per heavy atom. The van der Waals surface area contributed by atoms with Gasteiger partial charge in [0.05, 0.1) is 13.0 Å². The molecule has 0 spiro atoms. The first-order valence-electron chi connectivity index (χ1n) is 7.49. The summed E-state index contributed by atoms with van der Waals surface area (Å²) < 4.78 is 10.5. The summed E-state index contributed by atoms with van der Waals surface area (Å²) in [6, 6.07) is 6.69. The van der Waals surface area contributed by atoms with Gasteiger partial charge in [0.15, 0.2) is 11.5 Å². The van der Waals surface area contributed by atoms with E-state index in [0.29, 0.717) is 17.1 Å². The third kappa shape index (κ3) is 4.46. The first-order chi connectivity index (χ1) is 11.6. The number of benzene rings is 1. The molecule has 1 amide bonds. The molecule has 0 unspecified atom stereocenters. The summed E-state index contributed by atoms with van der Waals surface area (Å²) in [5.41, 5.74) is 0.546. The van der Waals surface area contributed by atoms with E-state index in [1.54, 1.807) is 18.2 Å². The second-order valence-electron chi connectivity index (χ2n) is 5.27. The Kier molecular flexibility index (Phi) is 5.74. The third-order valence-electron chi connectivity index (χ3n) is 3.39. The fourth-order valence-electron chi connectivity index (χ4n) is 1.94. The predicted octanol–water partition coefficient (Wildman–Crippen LogP) is 2.22. The lowest BCUT2D eigenvalue weighted by molar-refractivity contribution is -0.135. The molecular formula is C18H18N2O4. The number of amides is 1. The number of hydrogen-bond donors (Lipinski definition) is 1. The fraction of sp³-hybridized carbons (Fsp3) is 0.278. The number of nitrogens with one attached hydrogen (secondary N) is 1. The molecule has 1 aromatic carbocycles. The van der Waals surface area contributed by atoms with Crippen LogP contribution in [0.5, 0.6) is 11.5 Å². The van der Waals surface area contributed by atoms with E-state index in [4.69, 9.17) is 14.7 Å². The topological polar surface area (TPSA) is 88.4 Å².